The number of hydrogen-bond donors (Lipinski definition) is 1. The van der Waals surface area contributed by atoms with Gasteiger partial charge < -0.3 is 10.1 Å². The number of ether oxygens (including phenoxy) is 1. The summed E-state index contributed by atoms with van der Waals surface area (Å²) < 4.78 is 5.56. The van der Waals surface area contributed by atoms with Crippen LogP contribution in [-0.2, 0) is 4.74 Å². The molecule has 0 bridgehead atoms. The molecule has 2 fully saturated rings. The lowest BCUT2D eigenvalue weighted by molar-refractivity contribution is -0.0436. The SMILES string of the molecule is CCC1CCC(C(NC)C(C)(CC)N2CCOCC2)CC1. The Hall–Kier alpha value is -0.120. The standard InChI is InChI=1S/C18H36N2O/c1-5-15-7-9-16(10-8-15)17(19-4)18(3,6-2)20-11-13-21-14-12-20/h15-17,19H,5-14H2,1-4H3. The Morgan fingerprint density at radius 3 is 2.24 bits per heavy atom. The molecule has 2 rings (SSSR count). The monoisotopic (exact) mass is 296 g/mol. The molecule has 3 heteroatoms. The van der Waals surface area contributed by atoms with Crippen LogP contribution >= 0.6 is 0 Å². The van der Waals surface area contributed by atoms with Crippen LogP contribution in [0.3, 0.4) is 0 Å². The van der Waals surface area contributed by atoms with Crippen molar-refractivity contribution in [1.82, 2.24) is 10.2 Å². The van der Waals surface area contributed by atoms with Gasteiger partial charge in [-0.25, -0.2) is 0 Å². The van der Waals surface area contributed by atoms with Crippen molar-refractivity contribution in [2.75, 3.05) is 33.4 Å². The van der Waals surface area contributed by atoms with Crippen molar-refractivity contribution in [3.63, 3.8) is 0 Å². The van der Waals surface area contributed by atoms with E-state index in [1.54, 1.807) is 0 Å². The van der Waals surface area contributed by atoms with E-state index in [1.165, 1.54) is 38.5 Å². The highest BCUT2D eigenvalue weighted by Gasteiger charge is 2.42. The van der Waals surface area contributed by atoms with Crippen LogP contribution in [0, 0.1) is 11.8 Å². The first kappa shape index (κ1) is 17.2. The van der Waals surface area contributed by atoms with E-state index in [1.807, 2.05) is 0 Å². The van der Waals surface area contributed by atoms with Crippen LogP contribution in [0.15, 0.2) is 0 Å². The number of likely N-dealkylation sites (N-methyl/N-ethyl adjacent to an activating group) is 1. The van der Waals surface area contributed by atoms with Crippen molar-refractivity contribution in [2.45, 2.75) is 70.9 Å². The molecule has 2 aliphatic rings. The fraction of sp³-hybridized carbons (Fsp3) is 1.00. The van der Waals surface area contributed by atoms with Gasteiger partial charge in [-0.3, -0.25) is 4.90 Å². The van der Waals surface area contributed by atoms with Gasteiger partial charge in [-0.1, -0.05) is 33.1 Å². The van der Waals surface area contributed by atoms with E-state index in [0.717, 1.165) is 38.1 Å². The van der Waals surface area contributed by atoms with E-state index in [4.69, 9.17) is 4.74 Å². The molecule has 0 aromatic rings. The lowest BCUT2D eigenvalue weighted by Crippen LogP contribution is -2.63. The molecule has 0 aromatic heterocycles. The van der Waals surface area contributed by atoms with Gasteiger partial charge in [-0.05, 0) is 45.1 Å². The predicted molar refractivity (Wildman–Crippen MR) is 89.7 cm³/mol. The van der Waals surface area contributed by atoms with Gasteiger partial charge in [0.2, 0.25) is 0 Å². The zero-order valence-electron chi connectivity index (χ0n) is 14.7. The predicted octanol–water partition coefficient (Wildman–Crippen LogP) is 3.29. The first-order chi connectivity index (χ1) is 10.2. The first-order valence-corrected chi connectivity index (χ1v) is 9.15. The number of nitrogens with one attached hydrogen (secondary N) is 1. The van der Waals surface area contributed by atoms with Gasteiger partial charge in [0.1, 0.15) is 0 Å². The van der Waals surface area contributed by atoms with Crippen LogP contribution in [-0.4, -0.2) is 49.8 Å². The summed E-state index contributed by atoms with van der Waals surface area (Å²) in [7, 11) is 2.17. The van der Waals surface area contributed by atoms with Crippen LogP contribution in [0.25, 0.3) is 0 Å². The summed E-state index contributed by atoms with van der Waals surface area (Å²) in [5.41, 5.74) is 0.266. The van der Waals surface area contributed by atoms with E-state index in [2.05, 4.69) is 38.0 Å². The van der Waals surface area contributed by atoms with Crippen LogP contribution in [0.4, 0.5) is 0 Å². The molecule has 1 heterocycles. The van der Waals surface area contributed by atoms with E-state index < -0.39 is 0 Å². The van der Waals surface area contributed by atoms with Gasteiger partial charge in [0, 0.05) is 24.7 Å². The zero-order chi connectivity index (χ0) is 15.3. The zero-order valence-corrected chi connectivity index (χ0v) is 14.7. The van der Waals surface area contributed by atoms with Crippen molar-refractivity contribution in [3.8, 4) is 0 Å². The lowest BCUT2D eigenvalue weighted by atomic mass is 9.71. The van der Waals surface area contributed by atoms with Gasteiger partial charge in [0.25, 0.3) is 0 Å². The average molecular weight is 296 g/mol. The molecule has 0 aromatic carbocycles. The van der Waals surface area contributed by atoms with Crippen LogP contribution in [0.1, 0.15) is 59.3 Å². The third-order valence-corrected chi connectivity index (χ3v) is 6.37. The minimum Gasteiger partial charge on any atom is -0.379 e. The van der Waals surface area contributed by atoms with E-state index in [9.17, 15) is 0 Å². The molecule has 3 nitrogen and oxygen atoms in total. The second kappa shape index (κ2) is 7.94. The summed E-state index contributed by atoms with van der Waals surface area (Å²) in [4.78, 5) is 2.68. The Morgan fingerprint density at radius 1 is 1.14 bits per heavy atom. The Labute approximate surface area is 131 Å². The fourth-order valence-electron chi connectivity index (χ4n) is 4.70. The quantitative estimate of drug-likeness (QED) is 0.814. The normalized spacial score (nSPS) is 32.6. The van der Waals surface area contributed by atoms with Gasteiger partial charge in [0.15, 0.2) is 0 Å². The highest BCUT2D eigenvalue weighted by atomic mass is 16.5. The maximum atomic E-state index is 5.56. The molecule has 1 aliphatic heterocycles. The molecule has 1 N–H and O–H groups in total. The Balaban J connectivity index is 2.05. The van der Waals surface area contributed by atoms with Crippen molar-refractivity contribution < 1.29 is 4.74 Å². The summed E-state index contributed by atoms with van der Waals surface area (Å²) in [5, 5.41) is 3.71. The molecular weight excluding hydrogens is 260 g/mol. The van der Waals surface area contributed by atoms with Crippen molar-refractivity contribution >= 4 is 0 Å². The molecule has 0 spiro atoms. The smallest absolute Gasteiger partial charge is 0.0594 e. The maximum Gasteiger partial charge on any atom is 0.0594 e. The first-order valence-electron chi connectivity index (χ1n) is 9.15. The lowest BCUT2D eigenvalue weighted by Gasteiger charge is -2.51. The van der Waals surface area contributed by atoms with Crippen LogP contribution < -0.4 is 5.32 Å². The minimum absolute atomic E-state index is 0.266. The number of hydrogen-bond acceptors (Lipinski definition) is 3. The van der Waals surface area contributed by atoms with Crippen LogP contribution in [0.5, 0.6) is 0 Å². The number of nitrogens with zero attached hydrogens (tertiary/aromatic N) is 1. The molecule has 124 valence electrons. The molecule has 2 unspecified atom stereocenters. The van der Waals surface area contributed by atoms with E-state index in [-0.39, 0.29) is 5.54 Å². The summed E-state index contributed by atoms with van der Waals surface area (Å²) in [6.07, 6.45) is 8.26. The van der Waals surface area contributed by atoms with Crippen molar-refractivity contribution in [1.29, 1.82) is 0 Å². The Kier molecular flexibility index (Phi) is 6.51. The second-order valence-electron chi connectivity index (χ2n) is 7.27. The van der Waals surface area contributed by atoms with Gasteiger partial charge in [-0.2, -0.15) is 0 Å². The van der Waals surface area contributed by atoms with E-state index in [0.29, 0.717) is 6.04 Å². The highest BCUT2D eigenvalue weighted by Crippen LogP contribution is 2.38. The third kappa shape index (κ3) is 3.80. The molecule has 2 atom stereocenters. The van der Waals surface area contributed by atoms with Crippen molar-refractivity contribution in [3.05, 3.63) is 0 Å². The van der Waals surface area contributed by atoms with Gasteiger partial charge >= 0.3 is 0 Å². The van der Waals surface area contributed by atoms with Crippen molar-refractivity contribution in [2.24, 2.45) is 11.8 Å². The Bertz CT molecular complexity index is 296. The third-order valence-electron chi connectivity index (χ3n) is 6.37. The Morgan fingerprint density at radius 2 is 1.76 bits per heavy atom. The molecule has 0 radical (unpaired) electrons. The molecular formula is C18H36N2O. The maximum absolute atomic E-state index is 5.56. The topological polar surface area (TPSA) is 24.5 Å². The molecule has 0 amide bonds. The fourth-order valence-corrected chi connectivity index (χ4v) is 4.70. The molecule has 1 aliphatic carbocycles. The number of rotatable bonds is 6. The summed E-state index contributed by atoms with van der Waals surface area (Å²) in [6.45, 7) is 11.2. The highest BCUT2D eigenvalue weighted by molar-refractivity contribution is 5.00. The number of morpholine rings is 1. The van der Waals surface area contributed by atoms with E-state index >= 15 is 0 Å². The summed E-state index contributed by atoms with van der Waals surface area (Å²) in [6, 6.07) is 0.610. The summed E-state index contributed by atoms with van der Waals surface area (Å²) >= 11 is 0. The van der Waals surface area contributed by atoms with Crippen LogP contribution in [0.2, 0.25) is 0 Å². The second-order valence-corrected chi connectivity index (χ2v) is 7.27. The minimum atomic E-state index is 0.266. The largest absolute Gasteiger partial charge is 0.379 e. The van der Waals surface area contributed by atoms with Gasteiger partial charge in [-0.15, -0.1) is 0 Å². The summed E-state index contributed by atoms with van der Waals surface area (Å²) in [5.74, 6) is 1.82. The average Bonchev–Trinajstić information content (AvgIpc) is 2.56. The molecule has 21 heavy (non-hydrogen) atoms. The molecule has 1 saturated heterocycles. The van der Waals surface area contributed by atoms with Gasteiger partial charge in [0.05, 0.1) is 13.2 Å². The molecule has 1 saturated carbocycles.